The molecule has 3 aromatic carbocycles. The average molecular weight is 476 g/mol. The molecule has 4 heterocycles. The summed E-state index contributed by atoms with van der Waals surface area (Å²) in [4.78, 5) is 6.15. The Bertz CT molecular complexity index is 1750. The Kier molecular flexibility index (Phi) is 4.45. The number of hydrogen-bond donors (Lipinski definition) is 4. The van der Waals surface area contributed by atoms with Crippen molar-refractivity contribution < 1.29 is 14.9 Å². The Balaban J connectivity index is 1.40. The first-order chi connectivity index (χ1) is 17.6. The highest BCUT2D eigenvalue weighted by Crippen LogP contribution is 2.48. The Morgan fingerprint density at radius 3 is 2.61 bits per heavy atom. The molecule has 0 radical (unpaired) electrons. The fourth-order valence-corrected chi connectivity index (χ4v) is 5.85. The number of ether oxygens (including phenoxy) is 1. The SMILES string of the molecule is COc1ccc(-c2ccc3[nH]cc(-c4c(O)[nH]c(O)c4C4CCc5cccc6ccn4c56)c3c2)cc1. The molecular weight excluding hydrogens is 450 g/mol. The smallest absolute Gasteiger partial charge is 0.199 e. The number of fused-ring (bicyclic) bond motifs is 1. The maximum atomic E-state index is 11.0. The van der Waals surface area contributed by atoms with E-state index in [1.807, 2.05) is 36.5 Å². The Labute approximate surface area is 207 Å². The maximum absolute atomic E-state index is 11.0. The molecule has 6 nitrogen and oxygen atoms in total. The lowest BCUT2D eigenvalue weighted by Crippen LogP contribution is -2.16. The van der Waals surface area contributed by atoms with Crippen molar-refractivity contribution in [2.45, 2.75) is 18.9 Å². The number of aryl methyl sites for hydroxylation is 1. The fourth-order valence-electron chi connectivity index (χ4n) is 5.85. The van der Waals surface area contributed by atoms with Crippen LogP contribution in [0, 0.1) is 0 Å². The van der Waals surface area contributed by atoms with Gasteiger partial charge < -0.3 is 24.5 Å². The van der Waals surface area contributed by atoms with Crippen LogP contribution in [0.2, 0.25) is 0 Å². The maximum Gasteiger partial charge on any atom is 0.199 e. The molecule has 178 valence electrons. The number of nitrogens with one attached hydrogen (secondary N) is 2. The molecule has 6 aromatic rings. The minimum atomic E-state index is -0.0979. The molecule has 0 saturated heterocycles. The first kappa shape index (κ1) is 20.8. The standard InChI is InChI=1S/C30H25N3O3/c1-36-21-9-5-17(6-10-21)20-7-11-24-22(15-20)23(16-31-24)26-27(30(35)32-29(26)34)25-12-8-18-3-2-4-19-13-14-33(25)28(18)19/h2-7,9-11,13-16,25,31-32,34-35H,8,12H2,1H3. The van der Waals surface area contributed by atoms with Gasteiger partial charge in [0.05, 0.1) is 24.2 Å². The van der Waals surface area contributed by atoms with Gasteiger partial charge in [-0.3, -0.25) is 4.98 Å². The van der Waals surface area contributed by atoms with Crippen LogP contribution >= 0.6 is 0 Å². The van der Waals surface area contributed by atoms with Gasteiger partial charge in [-0.15, -0.1) is 0 Å². The first-order valence-corrected chi connectivity index (χ1v) is 12.1. The highest BCUT2D eigenvalue weighted by molar-refractivity contribution is 6.00. The van der Waals surface area contributed by atoms with Crippen molar-refractivity contribution in [3.8, 4) is 39.8 Å². The molecule has 1 aliphatic heterocycles. The topological polar surface area (TPSA) is 86.2 Å². The number of aromatic hydroxyl groups is 2. The molecule has 0 aliphatic carbocycles. The van der Waals surface area contributed by atoms with Crippen LogP contribution in [0.15, 0.2) is 79.1 Å². The molecule has 0 bridgehead atoms. The minimum Gasteiger partial charge on any atom is -0.497 e. The molecular formula is C30H25N3O3. The fraction of sp³-hybridized carbons (Fsp3) is 0.133. The number of H-pyrrole nitrogens is 2. The zero-order chi connectivity index (χ0) is 24.4. The van der Waals surface area contributed by atoms with Crippen molar-refractivity contribution in [2.24, 2.45) is 0 Å². The normalized spacial score (nSPS) is 15.1. The third-order valence-corrected chi connectivity index (χ3v) is 7.55. The molecule has 4 N–H and O–H groups in total. The minimum absolute atomic E-state index is 0.00869. The number of para-hydroxylation sites is 1. The zero-order valence-corrected chi connectivity index (χ0v) is 19.7. The van der Waals surface area contributed by atoms with Gasteiger partial charge in [0.1, 0.15) is 5.75 Å². The van der Waals surface area contributed by atoms with Gasteiger partial charge in [-0.1, -0.05) is 36.4 Å². The molecule has 0 amide bonds. The molecule has 36 heavy (non-hydrogen) atoms. The molecule has 6 heteroatoms. The summed E-state index contributed by atoms with van der Waals surface area (Å²) >= 11 is 0. The largest absolute Gasteiger partial charge is 0.497 e. The van der Waals surface area contributed by atoms with Gasteiger partial charge in [-0.2, -0.15) is 0 Å². The summed E-state index contributed by atoms with van der Waals surface area (Å²) in [5, 5.41) is 24.2. The van der Waals surface area contributed by atoms with E-state index in [0.717, 1.165) is 51.7 Å². The number of aromatic nitrogens is 3. The van der Waals surface area contributed by atoms with Crippen LogP contribution in [-0.4, -0.2) is 31.9 Å². The van der Waals surface area contributed by atoms with Crippen LogP contribution in [0.5, 0.6) is 17.5 Å². The summed E-state index contributed by atoms with van der Waals surface area (Å²) in [5.74, 6) is 0.794. The third kappa shape index (κ3) is 2.97. The lowest BCUT2D eigenvalue weighted by molar-refractivity contribution is 0.415. The molecule has 1 unspecified atom stereocenters. The van der Waals surface area contributed by atoms with Crippen molar-refractivity contribution in [1.82, 2.24) is 14.5 Å². The van der Waals surface area contributed by atoms with E-state index in [1.165, 1.54) is 16.5 Å². The molecule has 1 aliphatic rings. The lowest BCUT2D eigenvalue weighted by Gasteiger charge is -2.26. The van der Waals surface area contributed by atoms with Gasteiger partial charge in [0, 0.05) is 34.4 Å². The quantitative estimate of drug-likeness (QED) is 0.228. The van der Waals surface area contributed by atoms with Crippen LogP contribution in [0.1, 0.15) is 23.6 Å². The highest BCUT2D eigenvalue weighted by Gasteiger charge is 2.31. The van der Waals surface area contributed by atoms with Crippen LogP contribution in [-0.2, 0) is 6.42 Å². The molecule has 0 saturated carbocycles. The lowest BCUT2D eigenvalue weighted by atomic mass is 9.90. The van der Waals surface area contributed by atoms with E-state index in [0.29, 0.717) is 5.56 Å². The number of hydrogen-bond acceptors (Lipinski definition) is 3. The van der Waals surface area contributed by atoms with E-state index in [2.05, 4.69) is 57.1 Å². The summed E-state index contributed by atoms with van der Waals surface area (Å²) in [5.41, 5.74) is 7.81. The number of rotatable bonds is 4. The summed E-state index contributed by atoms with van der Waals surface area (Å²) in [6.45, 7) is 0. The molecule has 0 spiro atoms. The predicted molar refractivity (Wildman–Crippen MR) is 142 cm³/mol. The summed E-state index contributed by atoms with van der Waals surface area (Å²) in [7, 11) is 1.66. The van der Waals surface area contributed by atoms with Gasteiger partial charge in [0.25, 0.3) is 0 Å². The number of methoxy groups -OCH3 is 1. The van der Waals surface area contributed by atoms with Crippen molar-refractivity contribution in [1.29, 1.82) is 0 Å². The highest BCUT2D eigenvalue weighted by atomic mass is 16.5. The second-order valence-electron chi connectivity index (χ2n) is 9.43. The van der Waals surface area contributed by atoms with Crippen molar-refractivity contribution in [3.63, 3.8) is 0 Å². The Morgan fingerprint density at radius 1 is 0.944 bits per heavy atom. The Hall–Kier alpha value is -4.58. The van der Waals surface area contributed by atoms with Crippen LogP contribution in [0.3, 0.4) is 0 Å². The van der Waals surface area contributed by atoms with E-state index in [1.54, 1.807) is 7.11 Å². The van der Waals surface area contributed by atoms with E-state index >= 15 is 0 Å². The van der Waals surface area contributed by atoms with Gasteiger partial charge in [-0.25, -0.2) is 0 Å². The number of benzene rings is 3. The second kappa shape index (κ2) is 7.71. The van der Waals surface area contributed by atoms with Crippen LogP contribution in [0.25, 0.3) is 44.1 Å². The van der Waals surface area contributed by atoms with Crippen molar-refractivity contribution in [3.05, 3.63) is 90.3 Å². The predicted octanol–water partition coefficient (Wildman–Crippen LogP) is 6.74. The van der Waals surface area contributed by atoms with Crippen molar-refractivity contribution >= 4 is 21.8 Å². The second-order valence-corrected chi connectivity index (χ2v) is 9.43. The van der Waals surface area contributed by atoms with Gasteiger partial charge in [-0.05, 0) is 65.3 Å². The van der Waals surface area contributed by atoms with Crippen molar-refractivity contribution in [2.75, 3.05) is 7.11 Å². The summed E-state index contributed by atoms with van der Waals surface area (Å²) < 4.78 is 7.53. The van der Waals surface area contributed by atoms with Gasteiger partial charge in [0.15, 0.2) is 11.8 Å². The monoisotopic (exact) mass is 475 g/mol. The third-order valence-electron chi connectivity index (χ3n) is 7.55. The zero-order valence-electron chi connectivity index (χ0n) is 19.7. The van der Waals surface area contributed by atoms with Gasteiger partial charge >= 0.3 is 0 Å². The number of aromatic amines is 2. The Morgan fingerprint density at radius 2 is 1.78 bits per heavy atom. The van der Waals surface area contributed by atoms with E-state index in [4.69, 9.17) is 4.74 Å². The van der Waals surface area contributed by atoms with E-state index < -0.39 is 0 Å². The first-order valence-electron chi connectivity index (χ1n) is 12.1. The average Bonchev–Trinajstić information content (AvgIpc) is 3.60. The molecule has 7 rings (SSSR count). The summed E-state index contributed by atoms with van der Waals surface area (Å²) in [6, 6.07) is 22.6. The van der Waals surface area contributed by atoms with Crippen LogP contribution < -0.4 is 4.74 Å². The molecule has 0 fully saturated rings. The van der Waals surface area contributed by atoms with E-state index in [-0.39, 0.29) is 17.8 Å². The molecule has 1 atom stereocenters. The molecule has 3 aromatic heterocycles. The van der Waals surface area contributed by atoms with Crippen LogP contribution in [0.4, 0.5) is 0 Å². The van der Waals surface area contributed by atoms with Gasteiger partial charge in [0.2, 0.25) is 0 Å². The number of nitrogens with zero attached hydrogens (tertiary/aromatic N) is 1. The van der Waals surface area contributed by atoms with E-state index in [9.17, 15) is 10.2 Å². The summed E-state index contributed by atoms with van der Waals surface area (Å²) in [6.07, 6.45) is 5.74.